The van der Waals surface area contributed by atoms with Crippen LogP contribution in [0.5, 0.6) is 5.75 Å². The molecule has 4 rings (SSSR count). The van der Waals surface area contributed by atoms with E-state index in [9.17, 15) is 17.6 Å². The SMILES string of the molecule is CCCCN(CC(=O)N1CCc2sccc2[C@@H]1c1ccc(F)cc1)S(=O)(=O)c1ccc(OC)cc1. The number of rotatable bonds is 9. The van der Waals surface area contributed by atoms with E-state index in [0.29, 0.717) is 25.1 Å². The second kappa shape index (κ2) is 10.9. The molecule has 0 aliphatic carbocycles. The fourth-order valence-corrected chi connectivity index (χ4v) is 6.68. The Morgan fingerprint density at radius 2 is 1.86 bits per heavy atom. The summed E-state index contributed by atoms with van der Waals surface area (Å²) >= 11 is 1.64. The van der Waals surface area contributed by atoms with E-state index in [-0.39, 0.29) is 35.8 Å². The topological polar surface area (TPSA) is 66.9 Å². The third kappa shape index (κ3) is 5.42. The highest BCUT2D eigenvalue weighted by atomic mass is 32.2. The number of nitrogens with zero attached hydrogens (tertiary/aromatic N) is 2. The highest BCUT2D eigenvalue weighted by molar-refractivity contribution is 7.89. The Kier molecular flexibility index (Phi) is 7.88. The lowest BCUT2D eigenvalue weighted by Crippen LogP contribution is -2.47. The van der Waals surface area contributed by atoms with Crippen LogP contribution in [0.2, 0.25) is 0 Å². The predicted octanol–water partition coefficient (Wildman–Crippen LogP) is 4.86. The highest BCUT2D eigenvalue weighted by Gasteiger charge is 2.35. The predicted molar refractivity (Wildman–Crippen MR) is 135 cm³/mol. The van der Waals surface area contributed by atoms with Crippen LogP contribution >= 0.6 is 11.3 Å². The summed E-state index contributed by atoms with van der Waals surface area (Å²) in [4.78, 5) is 16.7. The summed E-state index contributed by atoms with van der Waals surface area (Å²) in [5.74, 6) is -0.0594. The third-order valence-electron chi connectivity index (χ3n) is 6.24. The summed E-state index contributed by atoms with van der Waals surface area (Å²) in [6.07, 6.45) is 2.14. The van der Waals surface area contributed by atoms with Crippen molar-refractivity contribution in [3.8, 4) is 5.75 Å². The van der Waals surface area contributed by atoms with Gasteiger partial charge < -0.3 is 9.64 Å². The van der Waals surface area contributed by atoms with Gasteiger partial charge in [-0.05, 0) is 71.8 Å². The van der Waals surface area contributed by atoms with Gasteiger partial charge in [-0.3, -0.25) is 4.79 Å². The Morgan fingerprint density at radius 3 is 2.51 bits per heavy atom. The van der Waals surface area contributed by atoms with Crippen molar-refractivity contribution in [1.29, 1.82) is 0 Å². The molecule has 0 N–H and O–H groups in total. The number of unbranched alkanes of at least 4 members (excludes halogenated alkanes) is 1. The maximum atomic E-state index is 13.7. The van der Waals surface area contributed by atoms with Gasteiger partial charge in [0, 0.05) is 18.0 Å². The van der Waals surface area contributed by atoms with E-state index in [0.717, 1.165) is 17.5 Å². The van der Waals surface area contributed by atoms with E-state index in [1.807, 2.05) is 18.4 Å². The molecule has 1 amide bonds. The molecule has 1 aliphatic heterocycles. The molecule has 0 saturated heterocycles. The molecule has 9 heteroatoms. The fourth-order valence-electron chi connectivity index (χ4n) is 4.35. The molecule has 35 heavy (non-hydrogen) atoms. The zero-order valence-electron chi connectivity index (χ0n) is 19.8. The van der Waals surface area contributed by atoms with Gasteiger partial charge in [0.2, 0.25) is 15.9 Å². The Hall–Kier alpha value is -2.75. The van der Waals surface area contributed by atoms with E-state index in [2.05, 4.69) is 0 Å². The summed E-state index contributed by atoms with van der Waals surface area (Å²) in [5, 5.41) is 2.00. The molecular formula is C26H29FN2O4S2. The smallest absolute Gasteiger partial charge is 0.243 e. The first-order chi connectivity index (χ1) is 16.8. The molecule has 0 radical (unpaired) electrons. The Labute approximate surface area is 210 Å². The lowest BCUT2D eigenvalue weighted by molar-refractivity contribution is -0.133. The summed E-state index contributed by atoms with van der Waals surface area (Å²) in [5.41, 5.74) is 1.82. The molecule has 2 heterocycles. The Morgan fingerprint density at radius 1 is 1.14 bits per heavy atom. The van der Waals surface area contributed by atoms with Gasteiger partial charge in [0.25, 0.3) is 0 Å². The van der Waals surface area contributed by atoms with Gasteiger partial charge in [-0.15, -0.1) is 11.3 Å². The van der Waals surface area contributed by atoms with Crippen molar-refractivity contribution < 1.29 is 22.3 Å². The van der Waals surface area contributed by atoms with E-state index in [1.54, 1.807) is 40.5 Å². The molecule has 0 fully saturated rings. The molecule has 3 aromatic rings. The molecule has 1 aliphatic rings. The average Bonchev–Trinajstić information content (AvgIpc) is 3.35. The first-order valence-electron chi connectivity index (χ1n) is 11.6. The van der Waals surface area contributed by atoms with Gasteiger partial charge in [-0.25, -0.2) is 12.8 Å². The number of ether oxygens (including phenoxy) is 1. The van der Waals surface area contributed by atoms with Gasteiger partial charge in [-0.2, -0.15) is 4.31 Å². The van der Waals surface area contributed by atoms with E-state index < -0.39 is 10.0 Å². The lowest BCUT2D eigenvalue weighted by Gasteiger charge is -2.37. The van der Waals surface area contributed by atoms with Gasteiger partial charge >= 0.3 is 0 Å². The molecule has 186 valence electrons. The van der Waals surface area contributed by atoms with Crippen molar-refractivity contribution >= 4 is 27.3 Å². The Bertz CT molecular complexity index is 1260. The summed E-state index contributed by atoms with van der Waals surface area (Å²) in [7, 11) is -2.37. The van der Waals surface area contributed by atoms with Gasteiger partial charge in [0.15, 0.2) is 0 Å². The molecule has 0 spiro atoms. The van der Waals surface area contributed by atoms with Crippen molar-refractivity contribution in [3.63, 3.8) is 0 Å². The number of fused-ring (bicyclic) bond motifs is 1. The van der Waals surface area contributed by atoms with Gasteiger partial charge in [0.1, 0.15) is 11.6 Å². The highest BCUT2D eigenvalue weighted by Crippen LogP contribution is 2.38. The minimum absolute atomic E-state index is 0.121. The monoisotopic (exact) mass is 516 g/mol. The molecule has 0 saturated carbocycles. The number of hydrogen-bond donors (Lipinski definition) is 0. The van der Waals surface area contributed by atoms with Crippen LogP contribution in [0.25, 0.3) is 0 Å². The molecule has 1 atom stereocenters. The van der Waals surface area contributed by atoms with E-state index in [1.165, 1.54) is 40.6 Å². The van der Waals surface area contributed by atoms with Crippen molar-refractivity contribution in [3.05, 3.63) is 81.8 Å². The number of thiophene rings is 1. The number of benzene rings is 2. The van der Waals surface area contributed by atoms with Crippen molar-refractivity contribution in [2.24, 2.45) is 0 Å². The van der Waals surface area contributed by atoms with Crippen molar-refractivity contribution in [2.45, 2.75) is 37.1 Å². The van der Waals surface area contributed by atoms with Crippen LogP contribution < -0.4 is 4.74 Å². The van der Waals surface area contributed by atoms with Crippen molar-refractivity contribution in [1.82, 2.24) is 9.21 Å². The first kappa shape index (κ1) is 25.3. The fraction of sp³-hybridized carbons (Fsp3) is 0.346. The largest absolute Gasteiger partial charge is 0.497 e. The summed E-state index contributed by atoms with van der Waals surface area (Å²) in [6, 6.07) is 14.0. The standard InChI is InChI=1S/C26H29FN2O4S2/c1-3-4-15-28(35(31,32)22-11-9-21(33-2)10-12-22)18-25(30)29-16-13-24-23(14-17-34-24)26(29)19-5-7-20(27)8-6-19/h5-12,14,17,26H,3-4,13,15-16,18H2,1-2H3/t26-/m0/s1. The number of methoxy groups -OCH3 is 1. The average molecular weight is 517 g/mol. The zero-order valence-corrected chi connectivity index (χ0v) is 21.4. The quantitative estimate of drug-likeness (QED) is 0.407. The second-order valence-electron chi connectivity index (χ2n) is 8.46. The van der Waals surface area contributed by atoms with Gasteiger partial charge in [-0.1, -0.05) is 25.5 Å². The minimum atomic E-state index is -3.89. The maximum absolute atomic E-state index is 13.7. The molecular weight excluding hydrogens is 487 g/mol. The normalized spacial score (nSPS) is 15.8. The van der Waals surface area contributed by atoms with Crippen LogP contribution in [0.4, 0.5) is 4.39 Å². The molecule has 6 nitrogen and oxygen atoms in total. The number of carbonyl (C=O) groups excluding carboxylic acids is 1. The van der Waals surface area contributed by atoms with E-state index in [4.69, 9.17) is 4.74 Å². The van der Waals surface area contributed by atoms with Crippen LogP contribution in [-0.4, -0.2) is 50.3 Å². The van der Waals surface area contributed by atoms with Crippen LogP contribution in [0, 0.1) is 5.82 Å². The maximum Gasteiger partial charge on any atom is 0.243 e. The lowest BCUT2D eigenvalue weighted by atomic mass is 9.93. The Balaban J connectivity index is 1.64. The van der Waals surface area contributed by atoms with Crippen LogP contribution in [0.1, 0.15) is 41.8 Å². The number of sulfonamides is 1. The first-order valence-corrected chi connectivity index (χ1v) is 13.9. The molecule has 1 aromatic heterocycles. The zero-order chi connectivity index (χ0) is 25.0. The molecule has 0 unspecified atom stereocenters. The summed E-state index contributed by atoms with van der Waals surface area (Å²) in [6.45, 7) is 2.44. The third-order valence-corrected chi connectivity index (χ3v) is 9.10. The summed E-state index contributed by atoms with van der Waals surface area (Å²) < 4.78 is 47.0. The minimum Gasteiger partial charge on any atom is -0.497 e. The number of hydrogen-bond acceptors (Lipinski definition) is 5. The van der Waals surface area contributed by atoms with Gasteiger partial charge in [0.05, 0.1) is 24.6 Å². The van der Waals surface area contributed by atoms with Crippen molar-refractivity contribution in [2.75, 3.05) is 26.7 Å². The molecule has 2 aromatic carbocycles. The number of halogens is 1. The van der Waals surface area contributed by atoms with Crippen LogP contribution in [0.15, 0.2) is 64.9 Å². The molecule has 0 bridgehead atoms. The van der Waals surface area contributed by atoms with Crippen LogP contribution in [0.3, 0.4) is 0 Å². The van der Waals surface area contributed by atoms with Crippen LogP contribution in [-0.2, 0) is 21.2 Å². The number of carbonyl (C=O) groups is 1. The second-order valence-corrected chi connectivity index (χ2v) is 11.4. The van der Waals surface area contributed by atoms with E-state index >= 15 is 0 Å². The number of amides is 1.